The van der Waals surface area contributed by atoms with Crippen LogP contribution >= 0.6 is 0 Å². The average molecular weight is 191 g/mol. The van der Waals surface area contributed by atoms with E-state index in [1.807, 2.05) is 51.4 Å². The number of aryl methyl sites for hydroxylation is 3. The third-order valence-electron chi connectivity index (χ3n) is 2.09. The van der Waals surface area contributed by atoms with Crippen LogP contribution in [0.4, 0.5) is 0 Å². The zero-order valence-corrected chi connectivity index (χ0v) is 9.50. The topological polar surface area (TPSA) is 30.2 Å². The molecule has 3 heteroatoms. The largest absolute Gasteiger partial charge is 0.234 e. The molecular formula is C11H17N3. The second-order valence-corrected chi connectivity index (χ2v) is 3.05. The summed E-state index contributed by atoms with van der Waals surface area (Å²) in [6.07, 6.45) is 1.94. The lowest BCUT2D eigenvalue weighted by atomic mass is 10.3. The molecule has 0 fully saturated rings. The minimum Gasteiger partial charge on any atom is -0.234 e. The second kappa shape index (κ2) is 4.22. The SMILES string of the molecule is CC.Cc1ccn2nc(C)c(C)c2n1. The van der Waals surface area contributed by atoms with Crippen LogP contribution in [0.15, 0.2) is 12.3 Å². The van der Waals surface area contributed by atoms with Gasteiger partial charge in [-0.3, -0.25) is 0 Å². The predicted octanol–water partition coefficient (Wildman–Crippen LogP) is 2.68. The van der Waals surface area contributed by atoms with Gasteiger partial charge in [0.15, 0.2) is 5.65 Å². The molecule has 0 saturated carbocycles. The maximum absolute atomic E-state index is 4.40. The van der Waals surface area contributed by atoms with Crippen molar-refractivity contribution in [1.82, 2.24) is 14.6 Å². The van der Waals surface area contributed by atoms with Gasteiger partial charge in [0.25, 0.3) is 0 Å². The van der Waals surface area contributed by atoms with Crippen LogP contribution in [0.1, 0.15) is 30.8 Å². The van der Waals surface area contributed by atoms with Crippen LogP contribution in [0, 0.1) is 20.8 Å². The molecule has 0 unspecified atom stereocenters. The zero-order valence-electron chi connectivity index (χ0n) is 9.50. The second-order valence-electron chi connectivity index (χ2n) is 3.05. The van der Waals surface area contributed by atoms with Crippen LogP contribution in [0.3, 0.4) is 0 Å². The van der Waals surface area contributed by atoms with Gasteiger partial charge in [-0.15, -0.1) is 0 Å². The Labute approximate surface area is 84.8 Å². The molecule has 0 aliphatic carbocycles. The maximum atomic E-state index is 4.40. The van der Waals surface area contributed by atoms with Gasteiger partial charge in [0, 0.05) is 17.5 Å². The van der Waals surface area contributed by atoms with Crippen molar-refractivity contribution in [2.75, 3.05) is 0 Å². The summed E-state index contributed by atoms with van der Waals surface area (Å²) in [6.45, 7) is 10.0. The van der Waals surface area contributed by atoms with Crippen molar-refractivity contribution in [2.24, 2.45) is 0 Å². The summed E-state index contributed by atoms with van der Waals surface area (Å²) in [5, 5.41) is 4.31. The molecule has 0 aromatic carbocycles. The lowest BCUT2D eigenvalue weighted by Gasteiger charge is -1.93. The Hall–Kier alpha value is -1.38. The highest BCUT2D eigenvalue weighted by molar-refractivity contribution is 5.48. The van der Waals surface area contributed by atoms with E-state index in [-0.39, 0.29) is 0 Å². The Morgan fingerprint density at radius 3 is 2.43 bits per heavy atom. The molecule has 3 nitrogen and oxygen atoms in total. The van der Waals surface area contributed by atoms with Crippen LogP contribution < -0.4 is 0 Å². The van der Waals surface area contributed by atoms with Crippen molar-refractivity contribution in [3.05, 3.63) is 29.2 Å². The highest BCUT2D eigenvalue weighted by atomic mass is 15.2. The van der Waals surface area contributed by atoms with Gasteiger partial charge in [-0.25, -0.2) is 9.50 Å². The number of hydrogen-bond donors (Lipinski definition) is 0. The van der Waals surface area contributed by atoms with Gasteiger partial charge in [0.1, 0.15) is 0 Å². The molecule has 0 bridgehead atoms. The Balaban J connectivity index is 0.000000461. The molecule has 0 amide bonds. The fourth-order valence-electron chi connectivity index (χ4n) is 1.24. The Kier molecular flexibility index (Phi) is 3.23. The van der Waals surface area contributed by atoms with Gasteiger partial charge < -0.3 is 0 Å². The van der Waals surface area contributed by atoms with E-state index in [1.54, 1.807) is 0 Å². The maximum Gasteiger partial charge on any atom is 0.158 e. The van der Waals surface area contributed by atoms with E-state index in [0.29, 0.717) is 0 Å². The van der Waals surface area contributed by atoms with Crippen LogP contribution in [-0.2, 0) is 0 Å². The summed E-state index contributed by atoms with van der Waals surface area (Å²) in [4.78, 5) is 4.40. The fourth-order valence-corrected chi connectivity index (χ4v) is 1.24. The molecule has 0 atom stereocenters. The monoisotopic (exact) mass is 191 g/mol. The third kappa shape index (κ3) is 1.76. The Bertz CT molecular complexity index is 429. The molecule has 76 valence electrons. The van der Waals surface area contributed by atoms with E-state index >= 15 is 0 Å². The van der Waals surface area contributed by atoms with Crippen LogP contribution in [0.25, 0.3) is 5.65 Å². The van der Waals surface area contributed by atoms with Crippen molar-refractivity contribution < 1.29 is 0 Å². The molecule has 2 aromatic heterocycles. The lowest BCUT2D eigenvalue weighted by molar-refractivity contribution is 0.909. The number of rotatable bonds is 0. The predicted molar refractivity (Wildman–Crippen MR) is 58.5 cm³/mol. The number of aromatic nitrogens is 3. The van der Waals surface area contributed by atoms with Gasteiger partial charge >= 0.3 is 0 Å². The first-order chi connectivity index (χ1) is 6.68. The van der Waals surface area contributed by atoms with E-state index in [1.165, 1.54) is 5.56 Å². The molecule has 2 rings (SSSR count). The lowest BCUT2D eigenvalue weighted by Crippen LogP contribution is -1.90. The van der Waals surface area contributed by atoms with Gasteiger partial charge in [0.05, 0.1) is 5.69 Å². The van der Waals surface area contributed by atoms with E-state index in [4.69, 9.17) is 0 Å². The van der Waals surface area contributed by atoms with Crippen molar-refractivity contribution in [3.63, 3.8) is 0 Å². The smallest absolute Gasteiger partial charge is 0.158 e. The molecular weight excluding hydrogens is 174 g/mol. The van der Waals surface area contributed by atoms with E-state index in [2.05, 4.69) is 10.1 Å². The molecule has 0 radical (unpaired) electrons. The first-order valence-corrected chi connectivity index (χ1v) is 4.97. The van der Waals surface area contributed by atoms with Gasteiger partial charge in [-0.05, 0) is 26.8 Å². The van der Waals surface area contributed by atoms with Crippen molar-refractivity contribution in [1.29, 1.82) is 0 Å². The number of hydrogen-bond acceptors (Lipinski definition) is 2. The molecule has 0 N–H and O–H groups in total. The first-order valence-electron chi connectivity index (χ1n) is 4.97. The minimum atomic E-state index is 0.965. The summed E-state index contributed by atoms with van der Waals surface area (Å²) in [5.41, 5.74) is 4.21. The van der Waals surface area contributed by atoms with E-state index < -0.39 is 0 Å². The highest BCUT2D eigenvalue weighted by Gasteiger charge is 2.04. The van der Waals surface area contributed by atoms with Gasteiger partial charge in [-0.2, -0.15) is 5.10 Å². The first kappa shape index (κ1) is 10.7. The van der Waals surface area contributed by atoms with Gasteiger partial charge in [-0.1, -0.05) is 13.8 Å². The fraction of sp³-hybridized carbons (Fsp3) is 0.455. The zero-order chi connectivity index (χ0) is 10.7. The summed E-state index contributed by atoms with van der Waals surface area (Å²) >= 11 is 0. The summed E-state index contributed by atoms with van der Waals surface area (Å²) in [5.74, 6) is 0. The van der Waals surface area contributed by atoms with Crippen molar-refractivity contribution in [2.45, 2.75) is 34.6 Å². The summed E-state index contributed by atoms with van der Waals surface area (Å²) in [6, 6.07) is 1.96. The molecule has 0 spiro atoms. The minimum absolute atomic E-state index is 0.965. The average Bonchev–Trinajstić information content (AvgIpc) is 2.48. The van der Waals surface area contributed by atoms with Gasteiger partial charge in [0.2, 0.25) is 0 Å². The molecule has 2 aromatic rings. The Morgan fingerprint density at radius 2 is 1.79 bits per heavy atom. The normalized spacial score (nSPS) is 9.79. The molecule has 0 aliphatic heterocycles. The highest BCUT2D eigenvalue weighted by Crippen LogP contribution is 2.11. The number of fused-ring (bicyclic) bond motifs is 1. The van der Waals surface area contributed by atoms with Crippen LogP contribution in [0.2, 0.25) is 0 Å². The third-order valence-corrected chi connectivity index (χ3v) is 2.09. The van der Waals surface area contributed by atoms with Crippen molar-refractivity contribution in [3.8, 4) is 0 Å². The molecule has 2 heterocycles. The quantitative estimate of drug-likeness (QED) is 0.641. The van der Waals surface area contributed by atoms with Crippen LogP contribution in [-0.4, -0.2) is 14.6 Å². The van der Waals surface area contributed by atoms with Crippen LogP contribution in [0.5, 0.6) is 0 Å². The van der Waals surface area contributed by atoms with Crippen molar-refractivity contribution >= 4 is 5.65 Å². The number of nitrogens with zero attached hydrogens (tertiary/aromatic N) is 3. The van der Waals surface area contributed by atoms with E-state index in [9.17, 15) is 0 Å². The summed E-state index contributed by atoms with van der Waals surface area (Å²) in [7, 11) is 0. The molecule has 0 aliphatic rings. The summed E-state index contributed by atoms with van der Waals surface area (Å²) < 4.78 is 1.82. The molecule has 0 saturated heterocycles. The Morgan fingerprint density at radius 1 is 1.14 bits per heavy atom. The molecule has 14 heavy (non-hydrogen) atoms. The standard InChI is InChI=1S/C9H11N3.C2H6/c1-6-4-5-12-9(10-6)7(2)8(3)11-12;1-2/h4-5H,1-3H3;1-2H3. The van der Waals surface area contributed by atoms with E-state index in [0.717, 1.165) is 17.0 Å².